The third-order valence-corrected chi connectivity index (χ3v) is 5.79. The van der Waals surface area contributed by atoms with E-state index in [4.69, 9.17) is 4.74 Å². The highest BCUT2D eigenvalue weighted by molar-refractivity contribution is 7.92. The second kappa shape index (κ2) is 8.43. The van der Waals surface area contributed by atoms with Gasteiger partial charge in [-0.2, -0.15) is 0 Å². The van der Waals surface area contributed by atoms with Crippen LogP contribution >= 0.6 is 0 Å². The van der Waals surface area contributed by atoms with E-state index >= 15 is 0 Å². The molecule has 28 heavy (non-hydrogen) atoms. The van der Waals surface area contributed by atoms with Gasteiger partial charge in [0.2, 0.25) is 5.91 Å². The van der Waals surface area contributed by atoms with Crippen molar-refractivity contribution in [2.45, 2.75) is 24.2 Å². The topological polar surface area (TPSA) is 84.5 Å². The molecule has 1 aliphatic carbocycles. The zero-order valence-electron chi connectivity index (χ0n) is 15.3. The summed E-state index contributed by atoms with van der Waals surface area (Å²) in [7, 11) is -2.53. The summed E-state index contributed by atoms with van der Waals surface area (Å²) in [6, 6.07) is 9.17. The third-order valence-electron chi connectivity index (χ3n) is 4.41. The summed E-state index contributed by atoms with van der Waals surface area (Å²) in [5, 5.41) is 2.78. The Morgan fingerprint density at radius 2 is 1.96 bits per heavy atom. The normalized spacial score (nSPS) is 16.0. The molecule has 0 fully saturated rings. The Bertz CT molecular complexity index is 988. The molecule has 0 heterocycles. The van der Waals surface area contributed by atoms with Gasteiger partial charge >= 0.3 is 0 Å². The highest BCUT2D eigenvalue weighted by Crippen LogP contribution is 2.30. The Balaban J connectivity index is 1.77. The first-order valence-electron chi connectivity index (χ1n) is 8.80. The molecule has 0 saturated heterocycles. The van der Waals surface area contributed by atoms with Gasteiger partial charge in [0.05, 0.1) is 17.7 Å². The molecule has 0 saturated carbocycles. The Morgan fingerprint density at radius 1 is 1.21 bits per heavy atom. The van der Waals surface area contributed by atoms with E-state index in [1.54, 1.807) is 12.1 Å². The maximum atomic E-state index is 13.1. The summed E-state index contributed by atoms with van der Waals surface area (Å²) in [4.78, 5) is 12.1. The number of nitrogens with one attached hydrogen (secondary N) is 2. The molecule has 1 atom stereocenters. The van der Waals surface area contributed by atoms with E-state index in [2.05, 4.69) is 16.1 Å². The standard InChI is InChI=1S/C20H21FN2O4S/c1-27-19-11-8-16(22-20(24)12-14-4-2-3-5-14)13-18(19)23-28(25,26)17-9-6-15(21)7-10-17/h2,4,6-11,13-14,23H,3,5,12H2,1H3,(H,22,24). The average molecular weight is 404 g/mol. The summed E-state index contributed by atoms with van der Waals surface area (Å²) in [6.45, 7) is 0. The molecule has 2 N–H and O–H groups in total. The summed E-state index contributed by atoms with van der Waals surface area (Å²) >= 11 is 0. The van der Waals surface area contributed by atoms with Crippen LogP contribution in [0, 0.1) is 11.7 Å². The predicted octanol–water partition coefficient (Wildman–Crippen LogP) is 3.93. The monoisotopic (exact) mass is 404 g/mol. The third kappa shape index (κ3) is 4.89. The number of amides is 1. The molecule has 0 spiro atoms. The molecule has 0 aliphatic heterocycles. The number of carbonyl (C=O) groups excluding carboxylic acids is 1. The number of ether oxygens (including phenoxy) is 1. The zero-order valence-corrected chi connectivity index (χ0v) is 16.1. The van der Waals surface area contributed by atoms with Gasteiger partial charge < -0.3 is 10.1 Å². The molecule has 2 aromatic rings. The quantitative estimate of drug-likeness (QED) is 0.685. The Kier molecular flexibility index (Phi) is 5.99. The van der Waals surface area contributed by atoms with Crippen LogP contribution in [-0.4, -0.2) is 21.4 Å². The minimum absolute atomic E-state index is 0.0848. The molecule has 148 valence electrons. The molecular formula is C20H21FN2O4S. The van der Waals surface area contributed by atoms with E-state index in [1.807, 2.05) is 6.08 Å². The van der Waals surface area contributed by atoms with Crippen LogP contribution in [0.1, 0.15) is 19.3 Å². The fourth-order valence-corrected chi connectivity index (χ4v) is 4.06. The zero-order chi connectivity index (χ0) is 20.1. The second-order valence-electron chi connectivity index (χ2n) is 6.49. The van der Waals surface area contributed by atoms with Crippen LogP contribution in [0.5, 0.6) is 5.75 Å². The number of benzene rings is 2. The fraction of sp³-hybridized carbons (Fsp3) is 0.250. The number of hydrogen-bond acceptors (Lipinski definition) is 4. The highest BCUT2D eigenvalue weighted by Gasteiger charge is 2.18. The van der Waals surface area contributed by atoms with Crippen LogP contribution in [-0.2, 0) is 14.8 Å². The average Bonchev–Trinajstić information content (AvgIpc) is 3.15. The van der Waals surface area contributed by atoms with Gasteiger partial charge in [-0.3, -0.25) is 9.52 Å². The van der Waals surface area contributed by atoms with Gasteiger partial charge in [0.15, 0.2) is 0 Å². The van der Waals surface area contributed by atoms with Crippen LogP contribution in [0.15, 0.2) is 59.5 Å². The molecule has 2 aromatic carbocycles. The first-order chi connectivity index (χ1) is 13.4. The molecule has 1 aliphatic rings. The lowest BCUT2D eigenvalue weighted by Crippen LogP contribution is -2.16. The number of hydrogen-bond donors (Lipinski definition) is 2. The van der Waals surface area contributed by atoms with Crippen molar-refractivity contribution in [2.75, 3.05) is 17.1 Å². The summed E-state index contributed by atoms with van der Waals surface area (Å²) < 4.78 is 45.8. The van der Waals surface area contributed by atoms with E-state index in [-0.39, 0.29) is 22.4 Å². The van der Waals surface area contributed by atoms with Crippen molar-refractivity contribution in [1.29, 1.82) is 0 Å². The number of halogens is 1. The minimum atomic E-state index is -3.95. The van der Waals surface area contributed by atoms with E-state index in [0.717, 1.165) is 25.0 Å². The second-order valence-corrected chi connectivity index (χ2v) is 8.17. The van der Waals surface area contributed by atoms with Crippen molar-refractivity contribution in [3.63, 3.8) is 0 Å². The van der Waals surface area contributed by atoms with E-state index in [0.29, 0.717) is 17.9 Å². The largest absolute Gasteiger partial charge is 0.495 e. The molecule has 0 bridgehead atoms. The fourth-order valence-electron chi connectivity index (χ4n) is 3.00. The molecule has 8 heteroatoms. The molecule has 0 aromatic heterocycles. The molecular weight excluding hydrogens is 383 g/mol. The number of allylic oxidation sites excluding steroid dienone is 2. The predicted molar refractivity (Wildman–Crippen MR) is 105 cm³/mol. The lowest BCUT2D eigenvalue weighted by atomic mass is 10.1. The Hall–Kier alpha value is -2.87. The highest BCUT2D eigenvalue weighted by atomic mass is 32.2. The van der Waals surface area contributed by atoms with Crippen molar-refractivity contribution in [2.24, 2.45) is 5.92 Å². The minimum Gasteiger partial charge on any atom is -0.495 e. The van der Waals surface area contributed by atoms with Crippen LogP contribution in [0.2, 0.25) is 0 Å². The first kappa shape index (κ1) is 19.9. The Morgan fingerprint density at radius 3 is 2.61 bits per heavy atom. The number of sulfonamides is 1. The van der Waals surface area contributed by atoms with Gasteiger partial charge in [0.25, 0.3) is 10.0 Å². The van der Waals surface area contributed by atoms with Gasteiger partial charge in [-0.1, -0.05) is 12.2 Å². The van der Waals surface area contributed by atoms with E-state index in [9.17, 15) is 17.6 Å². The molecule has 1 amide bonds. The van der Waals surface area contributed by atoms with Gasteiger partial charge in [-0.15, -0.1) is 0 Å². The molecule has 0 radical (unpaired) electrons. The number of carbonyl (C=O) groups is 1. The summed E-state index contributed by atoms with van der Waals surface area (Å²) in [6.07, 6.45) is 6.41. The van der Waals surface area contributed by atoms with Crippen molar-refractivity contribution >= 4 is 27.3 Å². The number of methoxy groups -OCH3 is 1. The smallest absolute Gasteiger partial charge is 0.262 e. The number of rotatable bonds is 7. The maximum Gasteiger partial charge on any atom is 0.262 e. The molecule has 1 unspecified atom stereocenters. The van der Waals surface area contributed by atoms with Crippen molar-refractivity contribution < 1.29 is 22.3 Å². The van der Waals surface area contributed by atoms with Crippen LogP contribution in [0.4, 0.5) is 15.8 Å². The number of anilines is 2. The van der Waals surface area contributed by atoms with Gasteiger partial charge in [0.1, 0.15) is 11.6 Å². The molecule has 3 rings (SSSR count). The van der Waals surface area contributed by atoms with Crippen LogP contribution in [0.3, 0.4) is 0 Å². The van der Waals surface area contributed by atoms with E-state index in [1.165, 1.54) is 25.3 Å². The van der Waals surface area contributed by atoms with Crippen LogP contribution < -0.4 is 14.8 Å². The lowest BCUT2D eigenvalue weighted by molar-refractivity contribution is -0.116. The van der Waals surface area contributed by atoms with Gasteiger partial charge in [-0.25, -0.2) is 12.8 Å². The van der Waals surface area contributed by atoms with Gasteiger partial charge in [0, 0.05) is 12.1 Å². The lowest BCUT2D eigenvalue weighted by Gasteiger charge is -2.14. The summed E-state index contributed by atoms with van der Waals surface area (Å²) in [5.74, 6) is -0.149. The van der Waals surface area contributed by atoms with Crippen molar-refractivity contribution in [3.8, 4) is 5.75 Å². The molecule has 6 nitrogen and oxygen atoms in total. The van der Waals surface area contributed by atoms with Crippen molar-refractivity contribution in [3.05, 3.63) is 60.4 Å². The SMILES string of the molecule is COc1ccc(NC(=O)CC2C=CCC2)cc1NS(=O)(=O)c1ccc(F)cc1. The van der Waals surface area contributed by atoms with Gasteiger partial charge in [-0.05, 0) is 61.2 Å². The van der Waals surface area contributed by atoms with Crippen LogP contribution in [0.25, 0.3) is 0 Å². The summed E-state index contributed by atoms with van der Waals surface area (Å²) in [5.41, 5.74) is 0.620. The first-order valence-corrected chi connectivity index (χ1v) is 10.3. The van der Waals surface area contributed by atoms with Crippen molar-refractivity contribution in [1.82, 2.24) is 0 Å². The van der Waals surface area contributed by atoms with E-state index < -0.39 is 15.8 Å². The Labute approximate surface area is 163 Å². The maximum absolute atomic E-state index is 13.1.